The molecule has 1 N–H and O–H groups in total. The van der Waals surface area contributed by atoms with Crippen molar-refractivity contribution in [2.75, 3.05) is 12.8 Å². The number of nitrogens with zero attached hydrogens (tertiary/aromatic N) is 1. The standard InChI is InChI=1S/C9H15F2NO4S/c1-6(8(13)14)12(2)17(15,16)5-7-3-9(10,11)4-7/h6-7H,3-5H2,1-2H3,(H,13,14). The Bertz CT molecular complexity index is 401. The molecule has 0 aliphatic heterocycles. The van der Waals surface area contributed by atoms with E-state index in [1.54, 1.807) is 0 Å². The Labute approximate surface area is 98.5 Å². The van der Waals surface area contributed by atoms with Gasteiger partial charge < -0.3 is 5.11 Å². The van der Waals surface area contributed by atoms with Crippen LogP contribution in [-0.4, -0.2) is 48.6 Å². The minimum atomic E-state index is -3.80. The van der Waals surface area contributed by atoms with Crippen LogP contribution in [-0.2, 0) is 14.8 Å². The number of alkyl halides is 2. The van der Waals surface area contributed by atoms with E-state index in [0.717, 1.165) is 7.05 Å². The lowest BCUT2D eigenvalue weighted by Crippen LogP contribution is -2.46. The highest BCUT2D eigenvalue weighted by atomic mass is 32.2. The van der Waals surface area contributed by atoms with Gasteiger partial charge in [0.25, 0.3) is 0 Å². The van der Waals surface area contributed by atoms with Crippen molar-refractivity contribution >= 4 is 16.0 Å². The molecule has 1 atom stereocenters. The minimum absolute atomic E-state index is 0.420. The summed E-state index contributed by atoms with van der Waals surface area (Å²) in [4.78, 5) is 10.6. The molecule has 17 heavy (non-hydrogen) atoms. The van der Waals surface area contributed by atoms with Crippen molar-refractivity contribution in [3.05, 3.63) is 0 Å². The van der Waals surface area contributed by atoms with Gasteiger partial charge in [-0.25, -0.2) is 17.2 Å². The number of carbonyl (C=O) groups is 1. The average molecular weight is 271 g/mol. The highest BCUT2D eigenvalue weighted by Gasteiger charge is 2.47. The van der Waals surface area contributed by atoms with Gasteiger partial charge in [-0.3, -0.25) is 4.79 Å². The molecule has 1 aliphatic rings. The van der Waals surface area contributed by atoms with Gasteiger partial charge in [0.05, 0.1) is 5.75 Å². The van der Waals surface area contributed by atoms with Gasteiger partial charge in [0.15, 0.2) is 0 Å². The van der Waals surface area contributed by atoms with Gasteiger partial charge >= 0.3 is 5.97 Å². The van der Waals surface area contributed by atoms with Gasteiger partial charge in [-0.15, -0.1) is 0 Å². The number of carboxylic acid groups (broad SMARTS) is 1. The van der Waals surface area contributed by atoms with E-state index in [1.807, 2.05) is 0 Å². The minimum Gasteiger partial charge on any atom is -0.480 e. The first-order valence-electron chi connectivity index (χ1n) is 5.11. The number of hydrogen-bond acceptors (Lipinski definition) is 3. The van der Waals surface area contributed by atoms with Crippen LogP contribution in [0.4, 0.5) is 8.78 Å². The first kappa shape index (κ1) is 14.3. The molecule has 0 radical (unpaired) electrons. The van der Waals surface area contributed by atoms with Gasteiger partial charge in [-0.2, -0.15) is 4.31 Å². The van der Waals surface area contributed by atoms with E-state index in [1.165, 1.54) is 6.92 Å². The van der Waals surface area contributed by atoms with Gasteiger partial charge in [0.2, 0.25) is 15.9 Å². The summed E-state index contributed by atoms with van der Waals surface area (Å²) in [5, 5.41) is 8.68. The first-order valence-corrected chi connectivity index (χ1v) is 6.72. The molecule has 1 unspecified atom stereocenters. The van der Waals surface area contributed by atoms with Crippen molar-refractivity contribution < 1.29 is 27.1 Å². The van der Waals surface area contributed by atoms with Crippen LogP contribution in [0.25, 0.3) is 0 Å². The van der Waals surface area contributed by atoms with Crippen LogP contribution < -0.4 is 0 Å². The molecule has 1 fully saturated rings. The Kier molecular flexibility index (Phi) is 3.78. The molecule has 1 rings (SSSR count). The maximum Gasteiger partial charge on any atom is 0.321 e. The fraction of sp³-hybridized carbons (Fsp3) is 0.889. The molecule has 1 aliphatic carbocycles. The summed E-state index contributed by atoms with van der Waals surface area (Å²) in [5.74, 6) is -5.04. The summed E-state index contributed by atoms with van der Waals surface area (Å²) in [5.41, 5.74) is 0. The van der Waals surface area contributed by atoms with Crippen LogP contribution in [0.5, 0.6) is 0 Å². The number of carboxylic acids is 1. The molecule has 0 bridgehead atoms. The number of likely N-dealkylation sites (N-methyl/N-ethyl adjacent to an activating group) is 1. The second-order valence-corrected chi connectivity index (χ2v) is 6.51. The van der Waals surface area contributed by atoms with E-state index in [9.17, 15) is 22.0 Å². The highest BCUT2D eigenvalue weighted by molar-refractivity contribution is 7.89. The molecule has 0 spiro atoms. The Hall–Kier alpha value is -0.760. The average Bonchev–Trinajstić information content (AvgIpc) is 2.11. The van der Waals surface area contributed by atoms with Crippen LogP contribution in [0.3, 0.4) is 0 Å². The van der Waals surface area contributed by atoms with Crippen LogP contribution in [0.1, 0.15) is 19.8 Å². The zero-order valence-electron chi connectivity index (χ0n) is 9.56. The van der Waals surface area contributed by atoms with Gasteiger partial charge in [-0.1, -0.05) is 0 Å². The third kappa shape index (κ3) is 3.35. The van der Waals surface area contributed by atoms with Crippen LogP contribution >= 0.6 is 0 Å². The number of halogens is 2. The second kappa shape index (κ2) is 4.49. The number of rotatable bonds is 5. The first-order chi connectivity index (χ1) is 7.55. The third-order valence-electron chi connectivity index (χ3n) is 2.96. The van der Waals surface area contributed by atoms with Crippen molar-refractivity contribution in [1.82, 2.24) is 4.31 Å². The molecule has 0 heterocycles. The lowest BCUT2D eigenvalue weighted by Gasteiger charge is -2.35. The molecule has 0 amide bonds. The Morgan fingerprint density at radius 2 is 2.00 bits per heavy atom. The van der Waals surface area contributed by atoms with Crippen molar-refractivity contribution in [3.63, 3.8) is 0 Å². The molecule has 0 aromatic carbocycles. The molecule has 0 aromatic heterocycles. The molecule has 100 valence electrons. The highest BCUT2D eigenvalue weighted by Crippen LogP contribution is 2.43. The number of sulfonamides is 1. The summed E-state index contributed by atoms with van der Waals surface area (Å²) in [6.45, 7) is 1.23. The summed E-state index contributed by atoms with van der Waals surface area (Å²) in [7, 11) is -2.65. The topological polar surface area (TPSA) is 74.7 Å². The van der Waals surface area contributed by atoms with E-state index in [4.69, 9.17) is 5.11 Å². The summed E-state index contributed by atoms with van der Waals surface area (Å²) in [6, 6.07) is -1.19. The second-order valence-electron chi connectivity index (χ2n) is 4.44. The van der Waals surface area contributed by atoms with E-state index >= 15 is 0 Å². The molecule has 0 saturated heterocycles. The van der Waals surface area contributed by atoms with Gasteiger partial charge in [0.1, 0.15) is 6.04 Å². The van der Waals surface area contributed by atoms with E-state index < -0.39 is 52.5 Å². The van der Waals surface area contributed by atoms with Gasteiger partial charge in [0, 0.05) is 19.9 Å². The SMILES string of the molecule is CC(C(=O)O)N(C)S(=O)(=O)CC1CC(F)(F)C1. The van der Waals surface area contributed by atoms with Crippen LogP contribution in [0, 0.1) is 5.92 Å². The molecule has 5 nitrogen and oxygen atoms in total. The molecule has 0 aromatic rings. The molecule has 8 heteroatoms. The van der Waals surface area contributed by atoms with Crippen molar-refractivity contribution in [3.8, 4) is 0 Å². The molecular formula is C9H15F2NO4S. The smallest absolute Gasteiger partial charge is 0.321 e. The van der Waals surface area contributed by atoms with Crippen LogP contribution in [0.2, 0.25) is 0 Å². The number of aliphatic carboxylic acids is 1. The number of hydrogen-bond donors (Lipinski definition) is 1. The zero-order valence-corrected chi connectivity index (χ0v) is 10.4. The lowest BCUT2D eigenvalue weighted by molar-refractivity contribution is -0.140. The molecular weight excluding hydrogens is 256 g/mol. The predicted molar refractivity (Wildman–Crippen MR) is 56.3 cm³/mol. The monoisotopic (exact) mass is 271 g/mol. The van der Waals surface area contributed by atoms with Crippen LogP contribution in [0.15, 0.2) is 0 Å². The quantitative estimate of drug-likeness (QED) is 0.801. The van der Waals surface area contributed by atoms with E-state index in [0.29, 0.717) is 4.31 Å². The summed E-state index contributed by atoms with van der Waals surface area (Å²) < 4.78 is 49.2. The Morgan fingerprint density at radius 1 is 1.53 bits per heavy atom. The lowest BCUT2D eigenvalue weighted by atomic mass is 9.83. The predicted octanol–water partition coefficient (Wildman–Crippen LogP) is 0.766. The Balaban J connectivity index is 2.61. The third-order valence-corrected chi connectivity index (χ3v) is 5.05. The fourth-order valence-corrected chi connectivity index (χ4v) is 3.35. The van der Waals surface area contributed by atoms with Crippen molar-refractivity contribution in [2.24, 2.45) is 5.92 Å². The maximum atomic E-state index is 12.5. The largest absolute Gasteiger partial charge is 0.480 e. The molecule has 1 saturated carbocycles. The Morgan fingerprint density at radius 3 is 2.35 bits per heavy atom. The zero-order chi connectivity index (χ0) is 13.4. The summed E-state index contributed by atoms with van der Waals surface area (Å²) in [6.07, 6.45) is -0.886. The van der Waals surface area contributed by atoms with Gasteiger partial charge in [-0.05, 0) is 12.8 Å². The normalized spacial score (nSPS) is 22.2. The van der Waals surface area contributed by atoms with Crippen molar-refractivity contribution in [2.45, 2.75) is 31.7 Å². The maximum absolute atomic E-state index is 12.5. The fourth-order valence-electron chi connectivity index (χ4n) is 1.71. The van der Waals surface area contributed by atoms with Crippen molar-refractivity contribution in [1.29, 1.82) is 0 Å². The van der Waals surface area contributed by atoms with E-state index in [2.05, 4.69) is 0 Å². The summed E-state index contributed by atoms with van der Waals surface area (Å²) >= 11 is 0. The van der Waals surface area contributed by atoms with E-state index in [-0.39, 0.29) is 0 Å².